The third-order valence-electron chi connectivity index (χ3n) is 8.20. The van der Waals surface area contributed by atoms with Gasteiger partial charge >= 0.3 is 6.09 Å². The first-order valence-corrected chi connectivity index (χ1v) is 15.8. The number of nitrogens with zero attached hydrogens (tertiary/aromatic N) is 4. The third-order valence-corrected chi connectivity index (χ3v) is 8.97. The number of pyridine rings is 1. The summed E-state index contributed by atoms with van der Waals surface area (Å²) >= 11 is 1.11. The van der Waals surface area contributed by atoms with E-state index in [1.807, 2.05) is 20.8 Å². The summed E-state index contributed by atoms with van der Waals surface area (Å²) in [6, 6.07) is 14.3. The van der Waals surface area contributed by atoms with Gasteiger partial charge in [0, 0.05) is 48.1 Å². The number of nitrogens with one attached hydrogen (secondary N) is 2. The number of thiazole rings is 1. The van der Waals surface area contributed by atoms with Crippen LogP contribution in [0.4, 0.5) is 20.7 Å². The van der Waals surface area contributed by atoms with Crippen molar-refractivity contribution in [3.8, 4) is 34.2 Å². The Balaban J connectivity index is 1.62. The van der Waals surface area contributed by atoms with Crippen molar-refractivity contribution in [2.45, 2.75) is 39.2 Å². The van der Waals surface area contributed by atoms with Gasteiger partial charge in [0.15, 0.2) is 17.6 Å². The van der Waals surface area contributed by atoms with Crippen LogP contribution in [-0.2, 0) is 9.53 Å². The van der Waals surface area contributed by atoms with Crippen LogP contribution < -0.4 is 15.4 Å². The largest absolute Gasteiger partial charge is 0.467 e. The van der Waals surface area contributed by atoms with Crippen LogP contribution in [0.3, 0.4) is 0 Å². The van der Waals surface area contributed by atoms with Gasteiger partial charge in [-0.15, -0.1) is 11.3 Å². The lowest BCUT2D eigenvalue weighted by molar-refractivity contribution is -0.131. The van der Waals surface area contributed by atoms with Gasteiger partial charge < -0.3 is 25.2 Å². The van der Waals surface area contributed by atoms with Crippen molar-refractivity contribution in [3.63, 3.8) is 0 Å². The van der Waals surface area contributed by atoms with Crippen LogP contribution in [0.25, 0.3) is 22.4 Å². The van der Waals surface area contributed by atoms with Crippen LogP contribution >= 0.6 is 11.3 Å². The zero-order valence-electron chi connectivity index (χ0n) is 26.7. The molecule has 1 aliphatic heterocycles. The van der Waals surface area contributed by atoms with E-state index in [-0.39, 0.29) is 41.2 Å². The van der Waals surface area contributed by atoms with E-state index >= 15 is 0 Å². The van der Waals surface area contributed by atoms with Crippen molar-refractivity contribution in [1.82, 2.24) is 14.9 Å². The summed E-state index contributed by atoms with van der Waals surface area (Å²) in [5.74, 6) is -1.57. The standard InChI is InChI=1S/C34H33FN6O6S/c1-33(2,3)34(11-6-13-41(34)32(44)45)31(43)38-22-8-5-7-20(15-22)24-17-26(23-10-9-21(35)16-27(23)47-19-46-4)39-28(25(24)18-36)40-29(42)30-37-12-14-48-30/h5,7-10,12,14-17H,6,11,13,19H2,1-4H3,(H,38,43)(H,44,45)(H,39,40,42)/t34-/m0/s1. The number of carboxylic acid groups (broad SMARTS) is 1. The highest BCUT2D eigenvalue weighted by molar-refractivity contribution is 7.11. The minimum Gasteiger partial charge on any atom is -0.467 e. The minimum absolute atomic E-state index is 0.0209. The number of benzene rings is 2. The number of halogens is 1. The monoisotopic (exact) mass is 672 g/mol. The van der Waals surface area contributed by atoms with Gasteiger partial charge in [0.2, 0.25) is 0 Å². The zero-order valence-corrected chi connectivity index (χ0v) is 27.5. The summed E-state index contributed by atoms with van der Waals surface area (Å²) < 4.78 is 24.9. The van der Waals surface area contributed by atoms with Gasteiger partial charge in [-0.05, 0) is 54.2 Å². The van der Waals surface area contributed by atoms with E-state index in [2.05, 4.69) is 26.7 Å². The second-order valence-corrected chi connectivity index (χ2v) is 13.0. The van der Waals surface area contributed by atoms with Gasteiger partial charge in [-0.2, -0.15) is 5.26 Å². The van der Waals surface area contributed by atoms with Gasteiger partial charge in [0.25, 0.3) is 11.8 Å². The molecule has 3 amide bonds. The highest BCUT2D eigenvalue weighted by atomic mass is 32.1. The maximum atomic E-state index is 14.3. The molecule has 3 heterocycles. The number of likely N-dealkylation sites (tertiary alicyclic amines) is 1. The van der Waals surface area contributed by atoms with Crippen molar-refractivity contribution >= 4 is 40.7 Å². The molecule has 2 aromatic heterocycles. The predicted molar refractivity (Wildman–Crippen MR) is 177 cm³/mol. The second-order valence-electron chi connectivity index (χ2n) is 12.1. The summed E-state index contributed by atoms with van der Waals surface area (Å²) in [4.78, 5) is 49.1. The number of hydrogen-bond acceptors (Lipinski definition) is 9. The fourth-order valence-electron chi connectivity index (χ4n) is 5.99. The number of nitriles is 1. The van der Waals surface area contributed by atoms with Crippen molar-refractivity contribution in [2.24, 2.45) is 5.41 Å². The number of aromatic nitrogens is 2. The number of anilines is 2. The summed E-state index contributed by atoms with van der Waals surface area (Å²) in [5.41, 5.74) is -0.235. The minimum atomic E-state index is -1.31. The Morgan fingerprint density at radius 3 is 2.60 bits per heavy atom. The van der Waals surface area contributed by atoms with E-state index in [9.17, 15) is 29.1 Å². The average Bonchev–Trinajstić information content (AvgIpc) is 3.75. The van der Waals surface area contributed by atoms with Crippen molar-refractivity contribution in [1.29, 1.82) is 5.26 Å². The number of carbonyl (C=O) groups excluding carboxylic acids is 2. The molecule has 1 saturated heterocycles. The molecule has 0 bridgehead atoms. The molecule has 248 valence electrons. The van der Waals surface area contributed by atoms with Gasteiger partial charge in [-0.1, -0.05) is 32.9 Å². The third kappa shape index (κ3) is 6.55. The molecule has 1 atom stereocenters. The molecule has 0 aliphatic carbocycles. The molecule has 0 saturated carbocycles. The second kappa shape index (κ2) is 13.8. The Kier molecular flexibility index (Phi) is 9.74. The molecule has 0 unspecified atom stereocenters. The van der Waals surface area contributed by atoms with Crippen molar-refractivity contribution < 1.29 is 33.4 Å². The number of amides is 3. The number of hydrogen-bond donors (Lipinski definition) is 3. The lowest BCUT2D eigenvalue weighted by atomic mass is 9.71. The Morgan fingerprint density at radius 2 is 1.94 bits per heavy atom. The van der Waals surface area contributed by atoms with Crippen LogP contribution in [0.2, 0.25) is 0 Å². The van der Waals surface area contributed by atoms with Gasteiger partial charge in [0.05, 0.1) is 5.69 Å². The number of rotatable bonds is 9. The summed E-state index contributed by atoms with van der Waals surface area (Å²) in [7, 11) is 1.42. The average molecular weight is 673 g/mol. The van der Waals surface area contributed by atoms with Gasteiger partial charge in [-0.3, -0.25) is 14.5 Å². The molecule has 3 N–H and O–H groups in total. The smallest absolute Gasteiger partial charge is 0.408 e. The van der Waals surface area contributed by atoms with Gasteiger partial charge in [-0.25, -0.2) is 19.2 Å². The summed E-state index contributed by atoms with van der Waals surface area (Å²) in [6.45, 7) is 5.57. The van der Waals surface area contributed by atoms with Crippen molar-refractivity contribution in [3.05, 3.63) is 76.5 Å². The first kappa shape index (κ1) is 34.0. The fourth-order valence-corrected chi connectivity index (χ4v) is 6.52. The van der Waals surface area contributed by atoms with Crippen molar-refractivity contribution in [2.75, 3.05) is 31.1 Å². The molecule has 1 aliphatic rings. The molecule has 48 heavy (non-hydrogen) atoms. The highest BCUT2D eigenvalue weighted by Crippen LogP contribution is 2.45. The molecule has 0 spiro atoms. The van der Waals surface area contributed by atoms with E-state index < -0.39 is 34.7 Å². The van der Waals surface area contributed by atoms with Crippen LogP contribution in [0, 0.1) is 22.6 Å². The Bertz CT molecular complexity index is 1900. The van der Waals surface area contributed by atoms with E-state index in [1.165, 1.54) is 36.4 Å². The molecule has 2 aromatic carbocycles. The SMILES string of the molecule is COCOc1cc(F)ccc1-c1cc(-c2cccc(NC(=O)[C@]3(C(C)(C)C)CCCN3C(=O)O)c2)c(C#N)c(NC(=O)c2nccs2)n1. The predicted octanol–water partition coefficient (Wildman–Crippen LogP) is 6.62. The molecule has 1 fully saturated rings. The maximum Gasteiger partial charge on any atom is 0.408 e. The van der Waals surface area contributed by atoms with Crippen LogP contribution in [0.1, 0.15) is 49.0 Å². The van der Waals surface area contributed by atoms with E-state index in [1.54, 1.807) is 35.7 Å². The molecule has 14 heteroatoms. The van der Waals surface area contributed by atoms with Crippen LogP contribution in [0.5, 0.6) is 5.75 Å². The molecular weight excluding hydrogens is 639 g/mol. The molecule has 5 rings (SSSR count). The van der Waals surface area contributed by atoms with Gasteiger partial charge in [0.1, 0.15) is 28.7 Å². The summed E-state index contributed by atoms with van der Waals surface area (Å²) in [6.07, 6.45) is 1.20. The van der Waals surface area contributed by atoms with E-state index in [0.717, 1.165) is 11.3 Å². The first-order chi connectivity index (χ1) is 22.9. The van der Waals surface area contributed by atoms with E-state index in [4.69, 9.17) is 9.47 Å². The number of ether oxygens (including phenoxy) is 2. The number of carbonyl (C=O) groups is 3. The fraction of sp³-hybridized carbons (Fsp3) is 0.294. The lowest BCUT2D eigenvalue weighted by Crippen LogP contribution is -2.62. The topological polar surface area (TPSA) is 167 Å². The quantitative estimate of drug-likeness (QED) is 0.166. The normalized spacial score (nSPS) is 15.9. The Labute approximate surface area is 280 Å². The maximum absolute atomic E-state index is 14.3. The highest BCUT2D eigenvalue weighted by Gasteiger charge is 2.57. The van der Waals surface area contributed by atoms with Crippen LogP contribution in [-0.4, -0.2) is 63.9 Å². The molecule has 12 nitrogen and oxygen atoms in total. The molecule has 4 aromatic rings. The van der Waals surface area contributed by atoms with Crippen LogP contribution in [0.15, 0.2) is 60.1 Å². The summed E-state index contributed by atoms with van der Waals surface area (Å²) in [5, 5.41) is 27.7. The Morgan fingerprint density at radius 1 is 1.15 bits per heavy atom. The molecular formula is C34H33FN6O6S. The Hall–Kier alpha value is -5.39. The number of methoxy groups -OCH3 is 1. The first-order valence-electron chi connectivity index (χ1n) is 14.9. The lowest BCUT2D eigenvalue weighted by Gasteiger charge is -2.45. The molecule has 0 radical (unpaired) electrons. The zero-order chi connectivity index (χ0) is 34.6. The van der Waals surface area contributed by atoms with E-state index in [0.29, 0.717) is 35.2 Å².